The molecule has 0 radical (unpaired) electrons. The summed E-state index contributed by atoms with van der Waals surface area (Å²) in [6.07, 6.45) is 0. The molecule has 1 atom stereocenters. The van der Waals surface area contributed by atoms with Crippen LogP contribution in [0.1, 0.15) is 29.4 Å². The summed E-state index contributed by atoms with van der Waals surface area (Å²) in [5, 5.41) is 7.33. The number of urea groups is 1. The van der Waals surface area contributed by atoms with Gasteiger partial charge in [0.2, 0.25) is 0 Å². The van der Waals surface area contributed by atoms with Gasteiger partial charge in [0.25, 0.3) is 5.91 Å². The molecule has 2 aromatic carbocycles. The molecule has 6 nitrogen and oxygen atoms in total. The number of benzene rings is 2. The number of rotatable bonds is 4. The summed E-state index contributed by atoms with van der Waals surface area (Å²) in [6.45, 7) is 5.91. The van der Waals surface area contributed by atoms with Gasteiger partial charge in [-0.1, -0.05) is 40.2 Å². The fraction of sp³-hybridized carbons (Fsp3) is 0.227. The van der Waals surface area contributed by atoms with Crippen molar-refractivity contribution in [3.63, 3.8) is 0 Å². The van der Waals surface area contributed by atoms with E-state index in [1.165, 1.54) is 4.90 Å². The third kappa shape index (κ3) is 3.46. The molecule has 0 bridgehead atoms. The minimum Gasteiger partial charge on any atom is -0.319 e. The third-order valence-corrected chi connectivity index (χ3v) is 5.70. The lowest BCUT2D eigenvalue weighted by Gasteiger charge is -2.22. The minimum atomic E-state index is -1.08. The van der Waals surface area contributed by atoms with Gasteiger partial charge in [0.15, 0.2) is 0 Å². The molecule has 1 fully saturated rings. The first kappa shape index (κ1) is 19.4. The second kappa shape index (κ2) is 7.15. The van der Waals surface area contributed by atoms with Crippen molar-refractivity contribution in [2.45, 2.75) is 32.9 Å². The Balaban J connectivity index is 1.56. The van der Waals surface area contributed by atoms with Gasteiger partial charge in [0, 0.05) is 10.2 Å². The predicted octanol–water partition coefficient (Wildman–Crippen LogP) is 4.22. The molecule has 3 amide bonds. The molecule has 3 aromatic rings. The Morgan fingerprint density at radius 1 is 1.07 bits per heavy atom. The first-order valence-corrected chi connectivity index (χ1v) is 10.1. The molecule has 148 valence electrons. The number of carbonyl (C=O) groups excluding carboxylic acids is 2. The maximum Gasteiger partial charge on any atom is 0.325 e. The Hall–Kier alpha value is -2.93. The monoisotopic (exact) mass is 452 g/mol. The predicted molar refractivity (Wildman–Crippen MR) is 114 cm³/mol. The van der Waals surface area contributed by atoms with E-state index in [1.807, 2.05) is 73.1 Å². The van der Waals surface area contributed by atoms with Crippen LogP contribution in [-0.4, -0.2) is 26.6 Å². The highest BCUT2D eigenvalue weighted by Gasteiger charge is 2.48. The molecule has 1 unspecified atom stereocenters. The molecular weight excluding hydrogens is 432 g/mol. The van der Waals surface area contributed by atoms with Crippen LogP contribution in [0.5, 0.6) is 0 Å². The normalized spacial score (nSPS) is 19.0. The number of carbonyl (C=O) groups is 2. The lowest BCUT2D eigenvalue weighted by atomic mass is 9.92. The second-order valence-corrected chi connectivity index (χ2v) is 8.38. The highest BCUT2D eigenvalue weighted by atomic mass is 79.9. The van der Waals surface area contributed by atoms with Crippen LogP contribution >= 0.6 is 15.9 Å². The fourth-order valence-corrected chi connectivity index (χ4v) is 4.05. The van der Waals surface area contributed by atoms with Crippen LogP contribution in [0.2, 0.25) is 0 Å². The van der Waals surface area contributed by atoms with Gasteiger partial charge in [0.1, 0.15) is 5.54 Å². The first-order valence-electron chi connectivity index (χ1n) is 9.31. The fourth-order valence-electron chi connectivity index (χ4n) is 3.65. The van der Waals surface area contributed by atoms with Gasteiger partial charge < -0.3 is 5.32 Å². The Bertz CT molecular complexity index is 1110. The molecule has 1 N–H and O–H groups in total. The number of nitrogens with zero attached hydrogens (tertiary/aromatic N) is 3. The van der Waals surface area contributed by atoms with Crippen molar-refractivity contribution in [2.75, 3.05) is 0 Å². The zero-order chi connectivity index (χ0) is 20.8. The number of halogens is 1. The molecule has 4 rings (SSSR count). The van der Waals surface area contributed by atoms with Crippen LogP contribution in [0, 0.1) is 13.8 Å². The second-order valence-electron chi connectivity index (χ2n) is 7.46. The number of nitrogens with one attached hydrogen (secondary N) is 1. The van der Waals surface area contributed by atoms with Crippen molar-refractivity contribution in [3.05, 3.63) is 81.6 Å². The van der Waals surface area contributed by atoms with E-state index in [0.717, 1.165) is 32.7 Å². The van der Waals surface area contributed by atoms with E-state index < -0.39 is 5.54 Å². The van der Waals surface area contributed by atoms with Crippen LogP contribution in [0.25, 0.3) is 5.69 Å². The van der Waals surface area contributed by atoms with Gasteiger partial charge in [-0.25, -0.2) is 9.48 Å². The Morgan fingerprint density at radius 2 is 1.79 bits per heavy atom. The number of imide groups is 1. The molecule has 1 aliphatic rings. The van der Waals surface area contributed by atoms with Crippen LogP contribution < -0.4 is 5.32 Å². The zero-order valence-corrected chi connectivity index (χ0v) is 18.0. The molecule has 7 heteroatoms. The quantitative estimate of drug-likeness (QED) is 0.602. The Labute approximate surface area is 177 Å². The van der Waals surface area contributed by atoms with Gasteiger partial charge in [-0.15, -0.1) is 0 Å². The van der Waals surface area contributed by atoms with E-state index in [1.54, 1.807) is 6.92 Å². The van der Waals surface area contributed by atoms with Crippen LogP contribution in [0.15, 0.2) is 59.1 Å². The van der Waals surface area contributed by atoms with E-state index >= 15 is 0 Å². The van der Waals surface area contributed by atoms with E-state index in [4.69, 9.17) is 0 Å². The summed E-state index contributed by atoms with van der Waals surface area (Å²) in [4.78, 5) is 26.9. The number of aryl methyl sites for hydroxylation is 2. The van der Waals surface area contributed by atoms with Crippen molar-refractivity contribution in [1.29, 1.82) is 0 Å². The summed E-state index contributed by atoms with van der Waals surface area (Å²) in [6, 6.07) is 16.8. The van der Waals surface area contributed by atoms with Gasteiger partial charge in [-0.05, 0) is 62.2 Å². The van der Waals surface area contributed by atoms with Gasteiger partial charge in [-0.2, -0.15) is 5.10 Å². The zero-order valence-electron chi connectivity index (χ0n) is 16.4. The summed E-state index contributed by atoms with van der Waals surface area (Å²) in [5.74, 6) is -0.261. The van der Waals surface area contributed by atoms with Gasteiger partial charge >= 0.3 is 6.03 Å². The molecule has 1 saturated heterocycles. The molecule has 2 heterocycles. The topological polar surface area (TPSA) is 67.2 Å². The maximum atomic E-state index is 13.1. The molecule has 1 aromatic heterocycles. The molecule has 0 saturated carbocycles. The smallest absolute Gasteiger partial charge is 0.319 e. The molecule has 0 aliphatic carbocycles. The third-order valence-electron chi connectivity index (χ3n) is 5.21. The van der Waals surface area contributed by atoms with Crippen molar-refractivity contribution in [1.82, 2.24) is 20.0 Å². The molecule has 29 heavy (non-hydrogen) atoms. The lowest BCUT2D eigenvalue weighted by molar-refractivity contribution is -0.131. The number of aromatic nitrogens is 2. The summed E-state index contributed by atoms with van der Waals surface area (Å²) in [7, 11) is 0. The lowest BCUT2D eigenvalue weighted by Crippen LogP contribution is -2.40. The van der Waals surface area contributed by atoms with Gasteiger partial charge in [0.05, 0.1) is 17.9 Å². The Morgan fingerprint density at radius 3 is 2.41 bits per heavy atom. The number of hydrogen-bond donors (Lipinski definition) is 1. The van der Waals surface area contributed by atoms with E-state index in [9.17, 15) is 9.59 Å². The standard InChI is InChI=1S/C22H21BrN4O2/c1-14-11-15(2)27(25-14)19-9-7-16(8-10-19)13-26-20(28)22(3,24-21(26)29)17-5-4-6-18(23)12-17/h4-12H,13H2,1-3H3,(H,24,29). The number of amides is 3. The Kier molecular flexibility index (Phi) is 4.78. The van der Waals surface area contributed by atoms with E-state index in [-0.39, 0.29) is 18.5 Å². The molecule has 1 aliphatic heterocycles. The van der Waals surface area contributed by atoms with Gasteiger partial charge in [-0.3, -0.25) is 9.69 Å². The highest BCUT2D eigenvalue weighted by Crippen LogP contribution is 2.31. The van der Waals surface area contributed by atoms with E-state index in [0.29, 0.717) is 0 Å². The van der Waals surface area contributed by atoms with Crippen molar-refractivity contribution < 1.29 is 9.59 Å². The SMILES string of the molecule is Cc1cc(C)n(-c2ccc(CN3C(=O)NC(C)(c4cccc(Br)c4)C3=O)cc2)n1. The van der Waals surface area contributed by atoms with Crippen LogP contribution in [0.4, 0.5) is 4.79 Å². The van der Waals surface area contributed by atoms with E-state index in [2.05, 4.69) is 26.3 Å². The van der Waals surface area contributed by atoms with Crippen molar-refractivity contribution in [2.24, 2.45) is 0 Å². The number of hydrogen-bond acceptors (Lipinski definition) is 3. The van der Waals surface area contributed by atoms with Crippen molar-refractivity contribution in [3.8, 4) is 5.69 Å². The maximum absolute atomic E-state index is 13.1. The largest absolute Gasteiger partial charge is 0.325 e. The minimum absolute atomic E-state index is 0.214. The average Bonchev–Trinajstić information content (AvgIpc) is 3.13. The highest BCUT2D eigenvalue weighted by molar-refractivity contribution is 9.10. The van der Waals surface area contributed by atoms with Crippen molar-refractivity contribution >= 4 is 27.9 Å². The molecule has 0 spiro atoms. The summed E-state index contributed by atoms with van der Waals surface area (Å²) < 4.78 is 2.73. The average molecular weight is 453 g/mol. The summed E-state index contributed by atoms with van der Waals surface area (Å²) >= 11 is 3.43. The molecular formula is C22H21BrN4O2. The van der Waals surface area contributed by atoms with Crippen LogP contribution in [0.3, 0.4) is 0 Å². The first-order chi connectivity index (χ1) is 13.8. The van der Waals surface area contributed by atoms with Crippen LogP contribution in [-0.2, 0) is 16.9 Å². The summed E-state index contributed by atoms with van der Waals surface area (Å²) in [5.41, 5.74) is 3.48.